The Balaban J connectivity index is 3.00. The van der Waals surface area contributed by atoms with Crippen LogP contribution >= 0.6 is 0 Å². The van der Waals surface area contributed by atoms with Crippen LogP contribution in [0.1, 0.15) is 59.8 Å². The number of hydrogen-bond acceptors (Lipinski definition) is 5. The molecule has 166 valence electrons. The molecule has 0 radical (unpaired) electrons. The van der Waals surface area contributed by atoms with E-state index < -0.39 is 6.09 Å². The fraction of sp³-hybridized carbons (Fsp3) is 0.458. The number of amides is 1. The average Bonchev–Trinajstić information content (AvgIpc) is 2.74. The minimum Gasteiger partial charge on any atom is -0.444 e. The first-order valence-corrected chi connectivity index (χ1v) is 10.7. The van der Waals surface area contributed by atoms with Crippen molar-refractivity contribution in [1.82, 2.24) is 16.2 Å². The Kier molecular flexibility index (Phi) is 12.0. The van der Waals surface area contributed by atoms with Crippen molar-refractivity contribution in [2.45, 2.75) is 59.8 Å². The predicted molar refractivity (Wildman–Crippen MR) is 125 cm³/mol. The Bertz CT molecular complexity index is 755. The summed E-state index contributed by atoms with van der Waals surface area (Å²) in [5.41, 5.74) is 17.6. The largest absolute Gasteiger partial charge is 0.444 e. The second-order valence-electron chi connectivity index (χ2n) is 7.21. The van der Waals surface area contributed by atoms with Crippen molar-refractivity contribution in [1.29, 1.82) is 0 Å². The van der Waals surface area contributed by atoms with Gasteiger partial charge in [0.25, 0.3) is 0 Å². The molecule has 0 heterocycles. The van der Waals surface area contributed by atoms with E-state index in [4.69, 9.17) is 10.5 Å². The summed E-state index contributed by atoms with van der Waals surface area (Å²) in [5, 5.41) is 2.91. The van der Waals surface area contributed by atoms with Crippen LogP contribution in [0.25, 0.3) is 0 Å². The molecule has 0 saturated carbocycles. The number of alkyl carbamates (subject to hydrolysis) is 1. The summed E-state index contributed by atoms with van der Waals surface area (Å²) < 4.78 is 5.41. The first-order valence-electron chi connectivity index (χ1n) is 10.7. The second kappa shape index (κ2) is 14.3. The second-order valence-corrected chi connectivity index (χ2v) is 7.21. The molecule has 0 spiro atoms. The molecule has 6 nitrogen and oxygen atoms in total. The third-order valence-electron chi connectivity index (χ3n) is 4.62. The van der Waals surface area contributed by atoms with Gasteiger partial charge in [0.1, 0.15) is 6.61 Å². The van der Waals surface area contributed by atoms with Gasteiger partial charge < -0.3 is 15.9 Å². The molecule has 1 amide bonds. The zero-order valence-electron chi connectivity index (χ0n) is 19.1. The fourth-order valence-corrected chi connectivity index (χ4v) is 2.97. The van der Waals surface area contributed by atoms with Gasteiger partial charge >= 0.3 is 6.09 Å². The Labute approximate surface area is 181 Å². The lowest BCUT2D eigenvalue weighted by Gasteiger charge is -2.18. The van der Waals surface area contributed by atoms with Crippen LogP contribution < -0.4 is 21.9 Å². The molecule has 1 aliphatic rings. The maximum Gasteiger partial charge on any atom is 0.411 e. The van der Waals surface area contributed by atoms with Gasteiger partial charge in [0, 0.05) is 18.4 Å². The maximum absolute atomic E-state index is 12.4. The Morgan fingerprint density at radius 2 is 1.97 bits per heavy atom. The van der Waals surface area contributed by atoms with Gasteiger partial charge in [0.15, 0.2) is 0 Å². The standard InChI is InChI=1S/C24H38N4O2/c1-6-11-18(3)21(25)16-15-19(4)23(28-26-5)22(12-7-2)27-24(29)30-17-20-13-9-8-10-14-20/h9,11,13-16,26,28H,6-8,10,12,17,25H2,1-5H3,(H,27,29)/b18-11+,19-15+,21-16+,23-22+. The quantitative estimate of drug-likeness (QED) is 0.286. The molecule has 5 N–H and O–H groups in total. The molecular formula is C24H38N4O2. The number of allylic oxidation sites excluding steroid dienone is 8. The highest BCUT2D eigenvalue weighted by molar-refractivity contribution is 5.70. The molecule has 1 aliphatic carbocycles. The van der Waals surface area contributed by atoms with Gasteiger partial charge in [-0.3, -0.25) is 5.32 Å². The first-order chi connectivity index (χ1) is 14.4. The third-order valence-corrected chi connectivity index (χ3v) is 4.62. The van der Waals surface area contributed by atoms with Crippen LogP contribution in [-0.2, 0) is 4.74 Å². The van der Waals surface area contributed by atoms with E-state index in [1.54, 1.807) is 7.05 Å². The van der Waals surface area contributed by atoms with E-state index in [0.717, 1.165) is 59.5 Å². The number of hydrogen-bond donors (Lipinski definition) is 4. The van der Waals surface area contributed by atoms with Crippen LogP contribution in [0.15, 0.2) is 70.3 Å². The van der Waals surface area contributed by atoms with E-state index >= 15 is 0 Å². The van der Waals surface area contributed by atoms with Crippen LogP contribution in [0.3, 0.4) is 0 Å². The van der Waals surface area contributed by atoms with Crippen molar-refractivity contribution >= 4 is 6.09 Å². The molecule has 0 aliphatic heterocycles. The van der Waals surface area contributed by atoms with Gasteiger partial charge in [-0.15, -0.1) is 0 Å². The zero-order chi connectivity index (χ0) is 22.4. The number of nitrogens with one attached hydrogen (secondary N) is 3. The van der Waals surface area contributed by atoms with Crippen LogP contribution in [-0.4, -0.2) is 19.7 Å². The summed E-state index contributed by atoms with van der Waals surface area (Å²) in [6, 6.07) is 0. The highest BCUT2D eigenvalue weighted by Crippen LogP contribution is 2.16. The average molecular weight is 415 g/mol. The lowest BCUT2D eigenvalue weighted by atomic mass is 10.1. The molecule has 0 fully saturated rings. The van der Waals surface area contributed by atoms with Crippen molar-refractivity contribution in [2.24, 2.45) is 5.73 Å². The third kappa shape index (κ3) is 9.18. The van der Waals surface area contributed by atoms with E-state index in [1.165, 1.54) is 0 Å². The van der Waals surface area contributed by atoms with Crippen molar-refractivity contribution < 1.29 is 9.53 Å². The van der Waals surface area contributed by atoms with E-state index in [9.17, 15) is 4.79 Å². The van der Waals surface area contributed by atoms with Crippen molar-refractivity contribution in [3.05, 3.63) is 70.3 Å². The normalized spacial score (nSPS) is 16.0. The molecule has 1 rings (SSSR count). The van der Waals surface area contributed by atoms with E-state index in [0.29, 0.717) is 6.42 Å². The van der Waals surface area contributed by atoms with Crippen LogP contribution in [0.2, 0.25) is 0 Å². The van der Waals surface area contributed by atoms with Crippen molar-refractivity contribution in [3.63, 3.8) is 0 Å². The van der Waals surface area contributed by atoms with Crippen LogP contribution in [0.4, 0.5) is 4.79 Å². The molecule has 0 aromatic rings. The number of ether oxygens (including phenoxy) is 1. The molecule has 0 aromatic heterocycles. The summed E-state index contributed by atoms with van der Waals surface area (Å²) in [6.45, 7) is 8.39. The van der Waals surface area contributed by atoms with E-state index in [1.807, 2.05) is 32.1 Å². The van der Waals surface area contributed by atoms with Gasteiger partial charge in [0.2, 0.25) is 0 Å². The maximum atomic E-state index is 12.4. The SMILES string of the molecule is CC/C=C(C)/C(N)=C\C=C(C)\C(NNC)=C(\CCC)NC(=O)OCC1=CCCC=C1. The molecule has 30 heavy (non-hydrogen) atoms. The number of rotatable bonds is 11. The number of hydrazine groups is 1. The minimum absolute atomic E-state index is 0.271. The fourth-order valence-electron chi connectivity index (χ4n) is 2.97. The summed E-state index contributed by atoms with van der Waals surface area (Å²) >= 11 is 0. The molecule has 0 unspecified atom stereocenters. The van der Waals surface area contributed by atoms with Gasteiger partial charge in [-0.1, -0.05) is 50.6 Å². The highest BCUT2D eigenvalue weighted by Gasteiger charge is 2.13. The Hall–Kier alpha value is -2.73. The van der Waals surface area contributed by atoms with E-state index in [-0.39, 0.29) is 6.61 Å². The minimum atomic E-state index is -0.460. The first kappa shape index (κ1) is 25.3. The predicted octanol–water partition coefficient (Wildman–Crippen LogP) is 4.87. The molecule has 0 bridgehead atoms. The molecule has 6 heteroatoms. The smallest absolute Gasteiger partial charge is 0.411 e. The number of carbonyl (C=O) groups excluding carboxylic acids is 1. The lowest BCUT2D eigenvalue weighted by molar-refractivity contribution is 0.159. The van der Waals surface area contributed by atoms with Crippen LogP contribution in [0, 0.1) is 0 Å². The summed E-state index contributed by atoms with van der Waals surface area (Å²) in [7, 11) is 1.79. The van der Waals surface area contributed by atoms with Crippen molar-refractivity contribution in [2.75, 3.05) is 13.7 Å². The molecule has 0 saturated heterocycles. The molecule has 0 atom stereocenters. The highest BCUT2D eigenvalue weighted by atomic mass is 16.5. The monoisotopic (exact) mass is 414 g/mol. The van der Waals surface area contributed by atoms with Crippen LogP contribution in [0.5, 0.6) is 0 Å². The van der Waals surface area contributed by atoms with Crippen molar-refractivity contribution in [3.8, 4) is 0 Å². The molecule has 0 aromatic carbocycles. The van der Waals surface area contributed by atoms with Gasteiger partial charge in [-0.2, -0.15) is 0 Å². The Morgan fingerprint density at radius 3 is 2.57 bits per heavy atom. The summed E-state index contributed by atoms with van der Waals surface area (Å²) in [6.07, 6.45) is 16.2. The number of carbonyl (C=O) groups is 1. The van der Waals surface area contributed by atoms with Gasteiger partial charge in [-0.05, 0) is 62.3 Å². The summed E-state index contributed by atoms with van der Waals surface area (Å²) in [5.74, 6) is 0. The topological polar surface area (TPSA) is 88.4 Å². The van der Waals surface area contributed by atoms with Gasteiger partial charge in [-0.25, -0.2) is 10.2 Å². The molecular weight excluding hydrogens is 376 g/mol. The lowest BCUT2D eigenvalue weighted by Crippen LogP contribution is -2.33. The Morgan fingerprint density at radius 1 is 1.20 bits per heavy atom. The zero-order valence-corrected chi connectivity index (χ0v) is 19.1. The summed E-state index contributed by atoms with van der Waals surface area (Å²) in [4.78, 5) is 12.4. The number of nitrogens with two attached hydrogens (primary N) is 1. The van der Waals surface area contributed by atoms with E-state index in [2.05, 4.69) is 48.2 Å². The van der Waals surface area contributed by atoms with Gasteiger partial charge in [0.05, 0.1) is 5.70 Å².